The number of hydrogen-bond donors (Lipinski definition) is 2. The molecule has 0 aliphatic carbocycles. The molecule has 4 nitrogen and oxygen atoms in total. The third-order valence-corrected chi connectivity index (χ3v) is 2.39. The van der Waals surface area contributed by atoms with Gasteiger partial charge in [0, 0.05) is 10.9 Å². The van der Waals surface area contributed by atoms with Crippen molar-refractivity contribution in [2.45, 2.75) is 6.42 Å². The van der Waals surface area contributed by atoms with Gasteiger partial charge in [-0.1, -0.05) is 18.2 Å². The fourth-order valence-corrected chi connectivity index (χ4v) is 1.62. The molecule has 0 radical (unpaired) electrons. The Morgan fingerprint density at radius 2 is 2.29 bits per heavy atom. The molecule has 84 valence electrons. The van der Waals surface area contributed by atoms with Crippen LogP contribution in [0.25, 0.3) is 17.0 Å². The smallest absolute Gasteiger partial charge is 0.352 e. The highest BCUT2D eigenvalue weighted by Crippen LogP contribution is 2.18. The molecule has 0 unspecified atom stereocenters. The highest BCUT2D eigenvalue weighted by atomic mass is 16.4. The molecule has 0 amide bonds. The van der Waals surface area contributed by atoms with Gasteiger partial charge in [0.15, 0.2) is 0 Å². The van der Waals surface area contributed by atoms with Crippen molar-refractivity contribution in [1.29, 1.82) is 5.26 Å². The van der Waals surface area contributed by atoms with E-state index in [0.717, 1.165) is 16.5 Å². The molecule has 0 spiro atoms. The van der Waals surface area contributed by atoms with E-state index in [1.807, 2.05) is 30.3 Å². The lowest BCUT2D eigenvalue weighted by Gasteiger charge is -1.93. The minimum atomic E-state index is -0.970. The first-order chi connectivity index (χ1) is 8.20. The predicted octanol–water partition coefficient (Wildman–Crippen LogP) is 2.79. The van der Waals surface area contributed by atoms with Crippen molar-refractivity contribution in [2.75, 3.05) is 0 Å². The molecule has 0 aliphatic heterocycles. The lowest BCUT2D eigenvalue weighted by molar-refractivity contribution is 0.0691. The highest BCUT2D eigenvalue weighted by Gasteiger charge is 2.06. The maximum Gasteiger partial charge on any atom is 0.352 e. The van der Waals surface area contributed by atoms with Crippen molar-refractivity contribution >= 4 is 22.9 Å². The number of aromatic nitrogens is 1. The molecule has 0 saturated heterocycles. The first-order valence-electron chi connectivity index (χ1n) is 5.10. The molecule has 0 fully saturated rings. The van der Waals surface area contributed by atoms with E-state index in [4.69, 9.17) is 10.4 Å². The number of rotatable bonds is 3. The fraction of sp³-hybridized carbons (Fsp3) is 0.0769. The Bertz CT molecular complexity index is 632. The van der Waals surface area contributed by atoms with E-state index in [2.05, 4.69) is 4.98 Å². The van der Waals surface area contributed by atoms with Crippen molar-refractivity contribution in [2.24, 2.45) is 0 Å². The lowest BCUT2D eigenvalue weighted by atomic mass is 10.1. The Kier molecular flexibility index (Phi) is 2.93. The van der Waals surface area contributed by atoms with E-state index in [0.29, 0.717) is 6.42 Å². The third-order valence-electron chi connectivity index (χ3n) is 2.39. The summed E-state index contributed by atoms with van der Waals surface area (Å²) in [7, 11) is 0. The van der Waals surface area contributed by atoms with Crippen molar-refractivity contribution in [3.8, 4) is 6.07 Å². The van der Waals surface area contributed by atoms with Crippen LogP contribution in [0.2, 0.25) is 0 Å². The molecule has 0 saturated carbocycles. The standard InChI is InChI=1S/C13H10N2O2/c14-6-2-1-3-9-4-5-11-10(7-9)8-12(15-11)13(16)17/h1,3-5,7-8,15H,2H2,(H,16,17). The number of aromatic carboxylic acids is 1. The van der Waals surface area contributed by atoms with Crippen LogP contribution in [-0.2, 0) is 0 Å². The fourth-order valence-electron chi connectivity index (χ4n) is 1.62. The minimum Gasteiger partial charge on any atom is -0.477 e. The van der Waals surface area contributed by atoms with Gasteiger partial charge < -0.3 is 10.1 Å². The largest absolute Gasteiger partial charge is 0.477 e. The SMILES string of the molecule is N#CCC=Cc1ccc2[nH]c(C(=O)O)cc2c1. The number of aromatic amines is 1. The number of carbonyl (C=O) groups is 1. The summed E-state index contributed by atoms with van der Waals surface area (Å²) < 4.78 is 0. The molecular weight excluding hydrogens is 216 g/mol. The summed E-state index contributed by atoms with van der Waals surface area (Å²) in [5.41, 5.74) is 1.92. The number of carboxylic acids is 1. The normalized spacial score (nSPS) is 10.8. The molecule has 4 heteroatoms. The summed E-state index contributed by atoms with van der Waals surface area (Å²) in [6, 6.07) is 9.20. The summed E-state index contributed by atoms with van der Waals surface area (Å²) in [5, 5.41) is 18.1. The van der Waals surface area contributed by atoms with Crippen LogP contribution in [0.3, 0.4) is 0 Å². The number of hydrogen-bond acceptors (Lipinski definition) is 2. The number of nitrogens with zero attached hydrogens (tertiary/aromatic N) is 1. The zero-order chi connectivity index (χ0) is 12.3. The molecule has 2 aromatic rings. The molecule has 1 heterocycles. The molecule has 17 heavy (non-hydrogen) atoms. The van der Waals surface area contributed by atoms with Gasteiger partial charge in [0.25, 0.3) is 0 Å². The van der Waals surface area contributed by atoms with E-state index in [-0.39, 0.29) is 5.69 Å². The number of H-pyrrole nitrogens is 1. The minimum absolute atomic E-state index is 0.179. The first-order valence-corrected chi connectivity index (χ1v) is 5.10. The number of nitrogens with one attached hydrogen (secondary N) is 1. The van der Waals surface area contributed by atoms with Crippen LogP contribution in [0.4, 0.5) is 0 Å². The second-order valence-corrected chi connectivity index (χ2v) is 3.60. The van der Waals surface area contributed by atoms with Crippen molar-refractivity contribution in [1.82, 2.24) is 4.98 Å². The highest BCUT2D eigenvalue weighted by molar-refractivity contribution is 5.94. The van der Waals surface area contributed by atoms with E-state index < -0.39 is 5.97 Å². The first kappa shape index (κ1) is 11.0. The molecule has 2 rings (SSSR count). The Morgan fingerprint density at radius 3 is 3.00 bits per heavy atom. The number of benzene rings is 1. The Balaban J connectivity index is 2.37. The van der Waals surface area contributed by atoms with Gasteiger partial charge in [-0.2, -0.15) is 5.26 Å². The zero-order valence-electron chi connectivity index (χ0n) is 8.97. The average Bonchev–Trinajstić information content (AvgIpc) is 2.72. The second kappa shape index (κ2) is 4.54. The van der Waals surface area contributed by atoms with Crippen LogP contribution in [0, 0.1) is 11.3 Å². The zero-order valence-corrected chi connectivity index (χ0v) is 8.97. The summed E-state index contributed by atoms with van der Waals surface area (Å²) in [4.78, 5) is 13.6. The molecule has 1 aromatic heterocycles. The van der Waals surface area contributed by atoms with E-state index in [1.165, 1.54) is 0 Å². The Morgan fingerprint density at radius 1 is 1.47 bits per heavy atom. The molecule has 0 atom stereocenters. The lowest BCUT2D eigenvalue weighted by Crippen LogP contribution is -1.94. The van der Waals surface area contributed by atoms with Gasteiger partial charge in [0.2, 0.25) is 0 Å². The third kappa shape index (κ3) is 2.34. The van der Waals surface area contributed by atoms with Gasteiger partial charge in [-0.25, -0.2) is 4.79 Å². The maximum atomic E-state index is 10.8. The van der Waals surface area contributed by atoms with Gasteiger partial charge in [-0.05, 0) is 23.8 Å². The summed E-state index contributed by atoms with van der Waals surface area (Å²) in [6.45, 7) is 0. The van der Waals surface area contributed by atoms with E-state index >= 15 is 0 Å². The monoisotopic (exact) mass is 226 g/mol. The summed E-state index contributed by atoms with van der Waals surface area (Å²) >= 11 is 0. The molecule has 2 N–H and O–H groups in total. The van der Waals surface area contributed by atoms with E-state index in [9.17, 15) is 4.79 Å². The number of fused-ring (bicyclic) bond motifs is 1. The average molecular weight is 226 g/mol. The number of carboxylic acid groups (broad SMARTS) is 1. The van der Waals surface area contributed by atoms with Crippen LogP contribution < -0.4 is 0 Å². The van der Waals surface area contributed by atoms with Crippen molar-refractivity contribution < 1.29 is 9.90 Å². The van der Waals surface area contributed by atoms with Gasteiger partial charge in [0.1, 0.15) is 5.69 Å². The summed E-state index contributed by atoms with van der Waals surface area (Å²) in [6.07, 6.45) is 3.98. The van der Waals surface area contributed by atoms with Crippen molar-refractivity contribution in [3.63, 3.8) is 0 Å². The topological polar surface area (TPSA) is 76.9 Å². The summed E-state index contributed by atoms with van der Waals surface area (Å²) in [5.74, 6) is -0.970. The van der Waals surface area contributed by atoms with Gasteiger partial charge >= 0.3 is 5.97 Å². The van der Waals surface area contributed by atoms with Crippen LogP contribution in [0.1, 0.15) is 22.5 Å². The molecule has 0 bridgehead atoms. The quantitative estimate of drug-likeness (QED) is 0.844. The molecule has 1 aromatic carbocycles. The van der Waals surface area contributed by atoms with Gasteiger partial charge in [-0.15, -0.1) is 0 Å². The number of nitriles is 1. The Hall–Kier alpha value is -2.54. The van der Waals surface area contributed by atoms with Crippen LogP contribution in [0.5, 0.6) is 0 Å². The Labute approximate surface area is 97.8 Å². The van der Waals surface area contributed by atoms with Crippen molar-refractivity contribution in [3.05, 3.63) is 41.6 Å². The van der Waals surface area contributed by atoms with Crippen LogP contribution in [-0.4, -0.2) is 16.1 Å². The molecular formula is C13H10N2O2. The van der Waals surface area contributed by atoms with Gasteiger partial charge in [-0.3, -0.25) is 0 Å². The van der Waals surface area contributed by atoms with Crippen LogP contribution >= 0.6 is 0 Å². The second-order valence-electron chi connectivity index (χ2n) is 3.60. The molecule has 0 aliphatic rings. The van der Waals surface area contributed by atoms with Crippen LogP contribution in [0.15, 0.2) is 30.3 Å². The maximum absolute atomic E-state index is 10.8. The number of allylic oxidation sites excluding steroid dienone is 1. The van der Waals surface area contributed by atoms with E-state index in [1.54, 1.807) is 12.1 Å². The predicted molar refractivity (Wildman–Crippen MR) is 64.5 cm³/mol. The van der Waals surface area contributed by atoms with Gasteiger partial charge in [0.05, 0.1) is 12.5 Å².